The summed E-state index contributed by atoms with van der Waals surface area (Å²) < 4.78 is 14.7. The summed E-state index contributed by atoms with van der Waals surface area (Å²) in [5.74, 6) is 8.88. The molecule has 2 aromatic carbocycles. The van der Waals surface area contributed by atoms with E-state index in [9.17, 15) is 9.18 Å². The smallest absolute Gasteiger partial charge is 0.258 e. The van der Waals surface area contributed by atoms with Gasteiger partial charge < -0.3 is 10.6 Å². The molecule has 4 bridgehead atoms. The number of carbonyl (C=O) groups excluding carboxylic acids is 1. The molecule has 0 aromatic heterocycles. The Kier molecular flexibility index (Phi) is 6.12. The molecule has 5 heteroatoms. The van der Waals surface area contributed by atoms with Crippen LogP contribution in [0.15, 0.2) is 42.5 Å². The highest BCUT2D eigenvalue weighted by Gasteiger charge is 2.50. The summed E-state index contributed by atoms with van der Waals surface area (Å²) in [5, 5.41) is 6.15. The summed E-state index contributed by atoms with van der Waals surface area (Å²) in [6, 6.07) is 12.6. The van der Waals surface area contributed by atoms with Gasteiger partial charge in [0.25, 0.3) is 5.91 Å². The van der Waals surface area contributed by atoms with Gasteiger partial charge in [0.05, 0.1) is 5.56 Å². The Morgan fingerprint density at radius 2 is 1.66 bits per heavy atom. The van der Waals surface area contributed by atoms with Gasteiger partial charge in [0.15, 0.2) is 0 Å². The van der Waals surface area contributed by atoms with Crippen LogP contribution in [-0.4, -0.2) is 37.0 Å². The molecule has 1 amide bonds. The zero-order valence-corrected chi connectivity index (χ0v) is 20.3. The van der Waals surface area contributed by atoms with Crippen LogP contribution < -0.4 is 10.6 Å². The number of nitrogens with one attached hydrogen (secondary N) is 2. The first kappa shape index (κ1) is 22.8. The Morgan fingerprint density at radius 1 is 1.00 bits per heavy atom. The lowest BCUT2D eigenvalue weighted by molar-refractivity contribution is -0.0181. The monoisotopic (exact) mass is 471 g/mol. The van der Waals surface area contributed by atoms with Crippen molar-refractivity contribution in [2.45, 2.75) is 45.1 Å². The van der Waals surface area contributed by atoms with Crippen LogP contribution in [0.3, 0.4) is 0 Å². The lowest BCUT2D eigenvalue weighted by Gasteiger charge is -2.54. The van der Waals surface area contributed by atoms with Crippen molar-refractivity contribution in [2.24, 2.45) is 23.2 Å². The van der Waals surface area contributed by atoms with E-state index in [1.54, 1.807) is 6.07 Å². The summed E-state index contributed by atoms with van der Waals surface area (Å²) >= 11 is 0. The van der Waals surface area contributed by atoms with Crippen LogP contribution in [-0.2, 0) is 6.54 Å². The zero-order valence-electron chi connectivity index (χ0n) is 20.3. The molecule has 5 aliphatic rings. The number of nitrogens with zero attached hydrogens (tertiary/aromatic N) is 1. The Morgan fingerprint density at radius 3 is 2.29 bits per heavy atom. The highest BCUT2D eigenvalue weighted by atomic mass is 19.1. The van der Waals surface area contributed by atoms with Crippen LogP contribution in [0.2, 0.25) is 0 Å². The normalized spacial score (nSPS) is 29.5. The van der Waals surface area contributed by atoms with Gasteiger partial charge in [0, 0.05) is 49.4 Å². The van der Waals surface area contributed by atoms with E-state index in [4.69, 9.17) is 0 Å². The van der Waals surface area contributed by atoms with Crippen molar-refractivity contribution in [3.05, 3.63) is 65.0 Å². The minimum absolute atomic E-state index is 0.0692. The fourth-order valence-corrected chi connectivity index (χ4v) is 7.27. The van der Waals surface area contributed by atoms with Crippen molar-refractivity contribution < 1.29 is 9.18 Å². The third-order valence-electron chi connectivity index (χ3n) is 8.55. The summed E-state index contributed by atoms with van der Waals surface area (Å²) in [5.41, 5.74) is 2.82. The highest BCUT2D eigenvalue weighted by molar-refractivity contribution is 6.04. The second kappa shape index (κ2) is 9.41. The topological polar surface area (TPSA) is 44.4 Å². The predicted octanol–water partition coefficient (Wildman–Crippen LogP) is 5.05. The maximum atomic E-state index is 14.7. The van der Waals surface area contributed by atoms with Crippen LogP contribution >= 0.6 is 0 Å². The standard InChI is InChI=1S/C30H34FN3O/c31-28-16-22(20-34-11-9-32-10-12-34)3-6-27(28)29(35)33-26-4-1-21(2-5-26)7-8-30-17-23-13-24(18-30)15-25(14-23)19-30/h1-6,16,23-25,32H,9-15,17-20H2,(H,33,35). The molecule has 7 rings (SSSR count). The number of anilines is 1. The highest BCUT2D eigenvalue weighted by Crippen LogP contribution is 2.59. The van der Waals surface area contributed by atoms with Crippen molar-refractivity contribution in [2.75, 3.05) is 31.5 Å². The molecule has 1 saturated heterocycles. The van der Waals surface area contributed by atoms with E-state index in [2.05, 4.69) is 27.4 Å². The second-order valence-corrected chi connectivity index (χ2v) is 11.3. The molecule has 1 heterocycles. The number of carbonyl (C=O) groups is 1. The van der Waals surface area contributed by atoms with E-state index in [-0.39, 0.29) is 11.0 Å². The number of benzene rings is 2. The van der Waals surface area contributed by atoms with Crippen LogP contribution in [0.4, 0.5) is 10.1 Å². The molecule has 2 aromatic rings. The lowest BCUT2D eigenvalue weighted by Crippen LogP contribution is -2.45. The van der Waals surface area contributed by atoms with Gasteiger partial charge in [0.1, 0.15) is 5.82 Å². The fraction of sp³-hybridized carbons (Fsp3) is 0.500. The predicted molar refractivity (Wildman–Crippen MR) is 136 cm³/mol. The Hall–Kier alpha value is -2.68. The molecular formula is C30H34FN3O. The third-order valence-corrected chi connectivity index (χ3v) is 8.55. The van der Waals surface area contributed by atoms with E-state index in [1.165, 1.54) is 44.6 Å². The molecule has 0 atom stereocenters. The molecule has 4 nitrogen and oxygen atoms in total. The molecule has 182 valence electrons. The van der Waals surface area contributed by atoms with E-state index in [1.807, 2.05) is 30.3 Å². The molecule has 0 spiro atoms. The first-order chi connectivity index (χ1) is 17.0. The quantitative estimate of drug-likeness (QED) is 0.614. The number of hydrogen-bond acceptors (Lipinski definition) is 3. The molecule has 35 heavy (non-hydrogen) atoms. The summed E-state index contributed by atoms with van der Waals surface area (Å²) in [6.07, 6.45) is 8.11. The summed E-state index contributed by atoms with van der Waals surface area (Å²) in [7, 11) is 0. The third kappa shape index (κ3) is 5.01. The number of rotatable bonds is 4. The lowest BCUT2D eigenvalue weighted by atomic mass is 9.50. The van der Waals surface area contributed by atoms with E-state index in [0.717, 1.165) is 55.1 Å². The second-order valence-electron chi connectivity index (χ2n) is 11.3. The van der Waals surface area contributed by atoms with E-state index >= 15 is 0 Å². The van der Waals surface area contributed by atoms with Gasteiger partial charge >= 0.3 is 0 Å². The number of halogens is 1. The first-order valence-electron chi connectivity index (χ1n) is 13.2. The number of piperazine rings is 1. The SMILES string of the molecule is O=C(Nc1ccc(C#CC23CC4CC(CC(C4)C2)C3)cc1)c1ccc(CN2CCNCC2)cc1F. The Balaban J connectivity index is 1.08. The van der Waals surface area contributed by atoms with Crippen molar-refractivity contribution >= 4 is 11.6 Å². The van der Waals surface area contributed by atoms with E-state index in [0.29, 0.717) is 12.2 Å². The minimum Gasteiger partial charge on any atom is -0.322 e. The Labute approximate surface area is 207 Å². The maximum Gasteiger partial charge on any atom is 0.258 e. The minimum atomic E-state index is -0.479. The number of amides is 1. The van der Waals surface area contributed by atoms with Crippen molar-refractivity contribution in [3.8, 4) is 11.8 Å². The van der Waals surface area contributed by atoms with Crippen molar-refractivity contribution in [1.29, 1.82) is 0 Å². The van der Waals surface area contributed by atoms with E-state index < -0.39 is 11.7 Å². The molecule has 5 fully saturated rings. The average Bonchev–Trinajstić information content (AvgIpc) is 2.83. The largest absolute Gasteiger partial charge is 0.322 e. The summed E-state index contributed by atoms with van der Waals surface area (Å²) in [6.45, 7) is 4.51. The molecule has 0 unspecified atom stereocenters. The van der Waals surface area contributed by atoms with Gasteiger partial charge in [-0.2, -0.15) is 0 Å². The van der Waals surface area contributed by atoms with Gasteiger partial charge in [-0.25, -0.2) is 4.39 Å². The average molecular weight is 472 g/mol. The fourth-order valence-electron chi connectivity index (χ4n) is 7.27. The van der Waals surface area contributed by atoms with Crippen LogP contribution in [0.1, 0.15) is 60.0 Å². The molecule has 4 saturated carbocycles. The van der Waals surface area contributed by atoms with Gasteiger partial charge in [-0.15, -0.1) is 0 Å². The van der Waals surface area contributed by atoms with Gasteiger partial charge in [-0.1, -0.05) is 17.9 Å². The first-order valence-corrected chi connectivity index (χ1v) is 13.2. The van der Waals surface area contributed by atoms with Gasteiger partial charge in [-0.3, -0.25) is 9.69 Å². The van der Waals surface area contributed by atoms with Crippen molar-refractivity contribution in [1.82, 2.24) is 10.2 Å². The molecule has 1 aliphatic heterocycles. The molecule has 2 N–H and O–H groups in total. The van der Waals surface area contributed by atoms with Crippen LogP contribution in [0, 0.1) is 40.8 Å². The van der Waals surface area contributed by atoms with Crippen LogP contribution in [0.25, 0.3) is 0 Å². The molecule has 0 radical (unpaired) electrons. The van der Waals surface area contributed by atoms with Crippen LogP contribution in [0.5, 0.6) is 0 Å². The molecular weight excluding hydrogens is 437 g/mol. The number of hydrogen-bond donors (Lipinski definition) is 2. The zero-order chi connectivity index (χ0) is 23.8. The van der Waals surface area contributed by atoms with Gasteiger partial charge in [-0.05, 0) is 98.2 Å². The van der Waals surface area contributed by atoms with Gasteiger partial charge in [0.2, 0.25) is 0 Å². The maximum absolute atomic E-state index is 14.7. The Bertz CT molecular complexity index is 1120. The molecule has 4 aliphatic carbocycles. The van der Waals surface area contributed by atoms with Crippen molar-refractivity contribution in [3.63, 3.8) is 0 Å². The summed E-state index contributed by atoms with van der Waals surface area (Å²) in [4.78, 5) is 15.0.